The van der Waals surface area contributed by atoms with Crippen LogP contribution >= 0.6 is 11.6 Å². The molecule has 2 aromatic carbocycles. The fourth-order valence-electron chi connectivity index (χ4n) is 6.29. The van der Waals surface area contributed by atoms with Crippen molar-refractivity contribution in [3.8, 4) is 28.5 Å². The summed E-state index contributed by atoms with van der Waals surface area (Å²) in [5, 5.41) is 17.3. The fourth-order valence-corrected chi connectivity index (χ4v) is 8.02. The largest absolute Gasteiger partial charge is 0.354 e. The molecule has 0 bridgehead atoms. The zero-order valence-electron chi connectivity index (χ0n) is 27.3. The molecule has 0 aliphatic carbocycles. The number of aryl methyl sites for hydroxylation is 2. The standard InChI is InChI=1S/C36H29ClF2N8O3S/c1-21-6-9-25(10-7-21)51(49,50)47-31(24-18-43-45(2)19-24)14-26-33(23(15-40)17-42-35(26)47)22-8-11-32(41-16-22)46-13-12-30(29(39)20-46)44-36(48)34-27(37)4-3-5-28(34)38/h3-11,14,16-19,29-30H,12-13,20H2,1-2H3,(H,44,48)/t29-,30+/m1/s1. The van der Waals surface area contributed by atoms with Crippen molar-refractivity contribution in [3.05, 3.63) is 113 Å². The lowest BCUT2D eigenvalue weighted by Gasteiger charge is -2.35. The molecule has 11 nitrogen and oxygen atoms in total. The third kappa shape index (κ3) is 6.19. The van der Waals surface area contributed by atoms with Gasteiger partial charge >= 0.3 is 0 Å². The predicted octanol–water partition coefficient (Wildman–Crippen LogP) is 6.06. The summed E-state index contributed by atoms with van der Waals surface area (Å²) in [6, 6.07) is 16.8. The maximum Gasteiger partial charge on any atom is 0.269 e. The highest BCUT2D eigenvalue weighted by Gasteiger charge is 2.33. The molecule has 2 atom stereocenters. The minimum atomic E-state index is -4.16. The summed E-state index contributed by atoms with van der Waals surface area (Å²) in [5.74, 6) is -1.12. The number of pyridine rings is 2. The van der Waals surface area contributed by atoms with Crippen LogP contribution in [0.25, 0.3) is 33.4 Å². The van der Waals surface area contributed by atoms with Crippen LogP contribution in [0.5, 0.6) is 0 Å². The number of nitrogens with one attached hydrogen (secondary N) is 1. The molecular formula is C36H29ClF2N8O3S. The number of nitrogens with zero attached hydrogens (tertiary/aromatic N) is 7. The summed E-state index contributed by atoms with van der Waals surface area (Å²) >= 11 is 6.01. The van der Waals surface area contributed by atoms with E-state index in [1.165, 1.54) is 34.4 Å². The minimum absolute atomic E-state index is 0.0617. The Bertz CT molecular complexity index is 2440. The van der Waals surface area contributed by atoms with Crippen LogP contribution in [0.2, 0.25) is 5.02 Å². The average molecular weight is 727 g/mol. The zero-order chi connectivity index (χ0) is 36.0. The number of amides is 1. The maximum atomic E-state index is 15.4. The lowest BCUT2D eigenvalue weighted by Crippen LogP contribution is -2.52. The number of carbonyl (C=O) groups excluding carboxylic acids is 1. The molecule has 1 aliphatic rings. The quantitative estimate of drug-likeness (QED) is 0.210. The van der Waals surface area contributed by atoms with Crippen molar-refractivity contribution < 1.29 is 22.0 Å². The van der Waals surface area contributed by atoms with Gasteiger partial charge in [0.15, 0.2) is 5.65 Å². The molecule has 51 heavy (non-hydrogen) atoms. The smallest absolute Gasteiger partial charge is 0.269 e. The van der Waals surface area contributed by atoms with Crippen LogP contribution in [0, 0.1) is 24.1 Å². The Morgan fingerprint density at radius 1 is 1.06 bits per heavy atom. The molecule has 0 radical (unpaired) electrons. The van der Waals surface area contributed by atoms with Crippen LogP contribution in [0.1, 0.15) is 27.9 Å². The second kappa shape index (κ2) is 13.2. The van der Waals surface area contributed by atoms with E-state index in [1.54, 1.807) is 65.6 Å². The van der Waals surface area contributed by atoms with Gasteiger partial charge in [-0.3, -0.25) is 9.48 Å². The normalized spacial score (nSPS) is 16.3. The molecule has 1 saturated heterocycles. The van der Waals surface area contributed by atoms with E-state index in [0.29, 0.717) is 40.1 Å². The van der Waals surface area contributed by atoms with Gasteiger partial charge in [0.2, 0.25) is 0 Å². The van der Waals surface area contributed by atoms with Gasteiger partial charge < -0.3 is 10.2 Å². The lowest BCUT2D eigenvalue weighted by molar-refractivity contribution is 0.0894. The van der Waals surface area contributed by atoms with Gasteiger partial charge in [0.1, 0.15) is 23.9 Å². The number of fused-ring (bicyclic) bond motifs is 1. The van der Waals surface area contributed by atoms with E-state index in [2.05, 4.69) is 26.5 Å². The van der Waals surface area contributed by atoms with Crippen molar-refractivity contribution in [2.45, 2.75) is 30.5 Å². The van der Waals surface area contributed by atoms with Crippen LogP contribution < -0.4 is 10.2 Å². The van der Waals surface area contributed by atoms with Crippen LogP contribution in [0.15, 0.2) is 90.3 Å². The first kappa shape index (κ1) is 33.8. The van der Waals surface area contributed by atoms with Crippen LogP contribution in [-0.2, 0) is 17.1 Å². The monoisotopic (exact) mass is 726 g/mol. The van der Waals surface area contributed by atoms with E-state index in [-0.39, 0.29) is 39.7 Å². The summed E-state index contributed by atoms with van der Waals surface area (Å²) < 4.78 is 60.7. The van der Waals surface area contributed by atoms with Crippen molar-refractivity contribution in [1.82, 2.24) is 29.0 Å². The van der Waals surface area contributed by atoms with Crippen LogP contribution in [-0.4, -0.2) is 63.3 Å². The molecule has 0 spiro atoms. The number of anilines is 1. The maximum absolute atomic E-state index is 15.4. The molecule has 1 aliphatic heterocycles. The van der Waals surface area contributed by atoms with Gasteiger partial charge in [-0.2, -0.15) is 10.4 Å². The zero-order valence-corrected chi connectivity index (χ0v) is 28.8. The number of nitriles is 1. The highest BCUT2D eigenvalue weighted by Crippen LogP contribution is 2.38. The first-order valence-corrected chi connectivity index (χ1v) is 17.6. The van der Waals surface area contributed by atoms with E-state index in [0.717, 1.165) is 11.6 Å². The van der Waals surface area contributed by atoms with Gasteiger partial charge in [-0.1, -0.05) is 35.4 Å². The second-order valence-corrected chi connectivity index (χ2v) is 14.4. The predicted molar refractivity (Wildman–Crippen MR) is 188 cm³/mol. The molecule has 0 unspecified atom stereocenters. The molecule has 15 heteroatoms. The number of alkyl halides is 1. The number of rotatable bonds is 7. The highest BCUT2D eigenvalue weighted by molar-refractivity contribution is 7.90. The summed E-state index contributed by atoms with van der Waals surface area (Å²) in [6.45, 7) is 2.13. The SMILES string of the molecule is Cc1ccc(S(=O)(=O)n2c(-c3cnn(C)c3)cc3c(-c4ccc(N5CC[C@H](NC(=O)c6c(F)cccc6Cl)[C@H](F)C5)nc4)c(C#N)cnc32)cc1. The molecule has 7 rings (SSSR count). The van der Waals surface area contributed by atoms with E-state index in [9.17, 15) is 22.9 Å². The molecule has 4 aromatic heterocycles. The summed E-state index contributed by atoms with van der Waals surface area (Å²) in [7, 11) is -2.44. The Morgan fingerprint density at radius 2 is 1.84 bits per heavy atom. The van der Waals surface area contributed by atoms with Gasteiger partial charge in [0.05, 0.1) is 45.5 Å². The van der Waals surface area contributed by atoms with E-state index >= 15 is 4.39 Å². The molecule has 258 valence electrons. The van der Waals surface area contributed by atoms with Gasteiger partial charge in [-0.25, -0.2) is 31.1 Å². The Morgan fingerprint density at radius 3 is 2.49 bits per heavy atom. The fraction of sp³-hybridized carbons (Fsp3) is 0.194. The molecule has 1 fully saturated rings. The number of aromatic nitrogens is 5. The molecular weight excluding hydrogens is 698 g/mol. The number of hydrogen-bond donors (Lipinski definition) is 1. The van der Waals surface area contributed by atoms with Crippen molar-refractivity contribution in [3.63, 3.8) is 0 Å². The first-order chi connectivity index (χ1) is 24.5. The van der Waals surface area contributed by atoms with E-state index in [4.69, 9.17) is 11.6 Å². The second-order valence-electron chi connectivity index (χ2n) is 12.2. The van der Waals surface area contributed by atoms with E-state index < -0.39 is 34.0 Å². The lowest BCUT2D eigenvalue weighted by atomic mass is 9.99. The summed E-state index contributed by atoms with van der Waals surface area (Å²) in [4.78, 5) is 23.6. The summed E-state index contributed by atoms with van der Waals surface area (Å²) in [5.41, 5.74) is 2.69. The number of halogens is 3. The number of piperidine rings is 1. The third-order valence-electron chi connectivity index (χ3n) is 8.88. The van der Waals surface area contributed by atoms with Crippen LogP contribution in [0.4, 0.5) is 14.6 Å². The Hall–Kier alpha value is -5.65. The Balaban J connectivity index is 1.21. The molecule has 6 aromatic rings. The summed E-state index contributed by atoms with van der Waals surface area (Å²) in [6.07, 6.45) is 4.87. The number of carbonyl (C=O) groups is 1. The Labute approximate surface area is 296 Å². The van der Waals surface area contributed by atoms with E-state index in [1.807, 2.05) is 6.92 Å². The van der Waals surface area contributed by atoms with Crippen molar-refractivity contribution in [1.29, 1.82) is 5.26 Å². The third-order valence-corrected chi connectivity index (χ3v) is 10.9. The minimum Gasteiger partial charge on any atom is -0.354 e. The number of benzene rings is 2. The average Bonchev–Trinajstić information content (AvgIpc) is 3.73. The highest BCUT2D eigenvalue weighted by atomic mass is 35.5. The van der Waals surface area contributed by atoms with Gasteiger partial charge in [0.25, 0.3) is 15.9 Å². The van der Waals surface area contributed by atoms with Crippen molar-refractivity contribution in [2.75, 3.05) is 18.0 Å². The molecule has 1 amide bonds. The topological polar surface area (TPSA) is 139 Å². The Kier molecular flexibility index (Phi) is 8.78. The van der Waals surface area contributed by atoms with Gasteiger partial charge in [0, 0.05) is 54.3 Å². The molecule has 0 saturated carbocycles. The van der Waals surface area contributed by atoms with Gasteiger partial charge in [-0.15, -0.1) is 0 Å². The first-order valence-electron chi connectivity index (χ1n) is 15.8. The van der Waals surface area contributed by atoms with Crippen molar-refractivity contribution in [2.24, 2.45) is 7.05 Å². The van der Waals surface area contributed by atoms with Gasteiger partial charge in [-0.05, 0) is 55.8 Å². The molecule has 5 heterocycles. The molecule has 1 N–H and O–H groups in total. The van der Waals surface area contributed by atoms with Crippen LogP contribution in [0.3, 0.4) is 0 Å². The van der Waals surface area contributed by atoms with Crippen molar-refractivity contribution >= 4 is 44.4 Å². The number of hydrogen-bond acceptors (Lipinski definition) is 8.